The number of benzene rings is 2. The number of pyridine rings is 1. The Morgan fingerprint density at radius 2 is 1.52 bits per heavy atom. The molecule has 5 aliphatic rings. The molecule has 3 saturated heterocycles. The largest absolute Gasteiger partial charge is 0.505 e. The second-order valence-electron chi connectivity index (χ2n) is 25.0. The molecule has 10 atom stereocenters. The van der Waals surface area contributed by atoms with E-state index in [-0.39, 0.29) is 123 Å². The summed E-state index contributed by atoms with van der Waals surface area (Å²) in [5.74, 6) is -8.36. The molecule has 6 N–H and O–H groups in total. The molecular weight excluding hydrogens is 1260 g/mol. The maximum atomic E-state index is 14.8. The van der Waals surface area contributed by atoms with Gasteiger partial charge in [-0.2, -0.15) is 0 Å². The van der Waals surface area contributed by atoms with Gasteiger partial charge in [0.05, 0.1) is 12.5 Å². The van der Waals surface area contributed by atoms with Crippen LogP contribution in [0.3, 0.4) is 0 Å². The van der Waals surface area contributed by atoms with Gasteiger partial charge in [0.25, 0.3) is 11.8 Å². The molecule has 3 fully saturated rings. The molecule has 27 nitrogen and oxygen atoms in total. The third-order valence-corrected chi connectivity index (χ3v) is 17.4. The van der Waals surface area contributed by atoms with Crippen LogP contribution < -0.4 is 21.3 Å². The molecule has 0 saturated carbocycles. The summed E-state index contributed by atoms with van der Waals surface area (Å²) in [5, 5.41) is 31.2. The quantitative estimate of drug-likeness (QED) is 0.143. The van der Waals surface area contributed by atoms with Crippen molar-refractivity contribution in [1.29, 1.82) is 0 Å². The van der Waals surface area contributed by atoms with E-state index in [9.17, 15) is 67.7 Å². The third-order valence-electron chi connectivity index (χ3n) is 17.4. The summed E-state index contributed by atoms with van der Waals surface area (Å²) in [6.07, 6.45) is 9.72. The molecule has 2 bridgehead atoms. The van der Waals surface area contributed by atoms with Crippen molar-refractivity contribution in [2.24, 2.45) is 11.8 Å². The van der Waals surface area contributed by atoms with Gasteiger partial charge in [-0.3, -0.25) is 47.9 Å². The van der Waals surface area contributed by atoms with E-state index in [1.165, 1.54) is 58.0 Å². The second-order valence-corrected chi connectivity index (χ2v) is 25.0. The van der Waals surface area contributed by atoms with Crippen LogP contribution in [0, 0.1) is 11.8 Å². The number of nitrogens with zero attached hydrogens (tertiary/aromatic N) is 6. The van der Waals surface area contributed by atoms with Gasteiger partial charge < -0.3 is 65.0 Å². The molecule has 27 heteroatoms. The Morgan fingerprint density at radius 3 is 2.22 bits per heavy atom. The number of aliphatic hydroxyl groups excluding tert-OH is 1. The van der Waals surface area contributed by atoms with Gasteiger partial charge in [0.1, 0.15) is 71.7 Å². The lowest BCUT2D eigenvalue weighted by molar-refractivity contribution is -0.157. The van der Waals surface area contributed by atoms with Crippen LogP contribution in [0.15, 0.2) is 137 Å². The van der Waals surface area contributed by atoms with Crippen molar-refractivity contribution >= 4 is 70.8 Å². The predicted molar refractivity (Wildman–Crippen MR) is 352 cm³/mol. The molecule has 1 unspecified atom stereocenters. The summed E-state index contributed by atoms with van der Waals surface area (Å²) < 4.78 is 17.0. The first-order valence-corrected chi connectivity index (χ1v) is 32.8. The van der Waals surface area contributed by atoms with Crippen LogP contribution >= 0.6 is 0 Å². The fourth-order valence-corrected chi connectivity index (χ4v) is 12.2. The summed E-state index contributed by atoms with van der Waals surface area (Å²) in [6, 6.07) is 11.7. The van der Waals surface area contributed by atoms with Crippen LogP contribution in [0.25, 0.3) is 0 Å². The minimum atomic E-state index is -1.68. The molecule has 0 radical (unpaired) electrons. The zero-order chi connectivity index (χ0) is 70.9. The predicted octanol–water partition coefficient (Wildman–Crippen LogP) is 3.86. The number of nitrogens with one attached hydrogen (secondary N) is 4. The van der Waals surface area contributed by atoms with Crippen molar-refractivity contribution in [2.45, 2.75) is 154 Å². The van der Waals surface area contributed by atoms with Crippen LogP contribution in [0.1, 0.15) is 131 Å². The number of aromatic hydroxyl groups is 1. The Labute approximate surface area is 567 Å². The van der Waals surface area contributed by atoms with E-state index in [0.717, 1.165) is 17.4 Å². The minimum Gasteiger partial charge on any atom is -0.505 e. The Balaban J connectivity index is 0.000000277. The smallest absolute Gasteiger partial charge is 0.355 e. The maximum absolute atomic E-state index is 14.8. The number of rotatable bonds is 7. The van der Waals surface area contributed by atoms with Gasteiger partial charge in [0.2, 0.25) is 41.3 Å². The average molecular weight is 1350 g/mol. The molecule has 0 aliphatic carbocycles. The van der Waals surface area contributed by atoms with Gasteiger partial charge >= 0.3 is 11.9 Å². The van der Waals surface area contributed by atoms with E-state index in [4.69, 9.17) is 13.9 Å². The SMILES string of the molecule is CC1=C[C@@H](O)CC(=O)Cc2nc(co2)C(=O)N2CCC=C2C(=O)O[C@H](C(C)C)[C@H](C)/C=C/C(=O)NCC=C1.CC[C@H]1NC(=O)[C@@H](NC(=O)c2ncccc2O)[C@@H](C)OC(=O)[C@H](c2ccccc2)NC(=O)[C@@H]2CC(=O)CCN2C(=O)C(Cc2ccccc2)N(C)C(=O)[C@@H]2CCCN2C1=O. The first kappa shape index (κ1) is 73.4. The molecule has 4 aromatic rings. The lowest BCUT2D eigenvalue weighted by Crippen LogP contribution is -2.61. The van der Waals surface area contributed by atoms with Crippen LogP contribution in [-0.4, -0.2) is 192 Å². The summed E-state index contributed by atoms with van der Waals surface area (Å²) in [7, 11) is 1.47. The first-order chi connectivity index (χ1) is 46.8. The molecule has 9 rings (SSSR count). The van der Waals surface area contributed by atoms with E-state index in [1.807, 2.05) is 26.8 Å². The van der Waals surface area contributed by atoms with Crippen LogP contribution in [0.5, 0.6) is 5.75 Å². The number of ether oxygens (including phenoxy) is 2. The van der Waals surface area contributed by atoms with Crippen molar-refractivity contribution in [2.75, 3.05) is 33.2 Å². The number of likely N-dealkylation sites (N-methyl/N-ethyl adjacent to an activating group) is 1. The number of ketones is 2. The van der Waals surface area contributed by atoms with Crippen molar-refractivity contribution in [1.82, 2.24) is 50.8 Å². The maximum Gasteiger partial charge on any atom is 0.355 e. The number of carbonyl (C=O) groups excluding carboxylic acids is 12. The van der Waals surface area contributed by atoms with Crippen LogP contribution in [-0.2, 0) is 70.3 Å². The monoisotopic (exact) mass is 1350 g/mol. The molecule has 7 heterocycles. The molecule has 8 amide bonds. The highest BCUT2D eigenvalue weighted by atomic mass is 16.6. The number of fused-ring (bicyclic) bond motifs is 5. The number of allylic oxidation sites excluding steroid dienone is 2. The Bertz CT molecular complexity index is 3750. The second kappa shape index (κ2) is 34.0. The molecule has 98 heavy (non-hydrogen) atoms. The van der Waals surface area contributed by atoms with E-state index < -0.39 is 119 Å². The molecular formula is C71H84N10O17. The summed E-state index contributed by atoms with van der Waals surface area (Å²) in [4.78, 5) is 177. The number of hydrogen-bond acceptors (Lipinski definition) is 19. The lowest BCUT2D eigenvalue weighted by Gasteiger charge is -2.40. The van der Waals surface area contributed by atoms with Gasteiger partial charge in [-0.15, -0.1) is 0 Å². The first-order valence-electron chi connectivity index (χ1n) is 32.8. The van der Waals surface area contributed by atoms with Crippen molar-refractivity contribution < 1.29 is 81.6 Å². The number of Topliss-reactive ketones (excluding diaryl/α,β-unsaturated/α-hetero) is 2. The Morgan fingerprint density at radius 1 is 0.806 bits per heavy atom. The van der Waals surface area contributed by atoms with E-state index in [2.05, 4.69) is 31.2 Å². The van der Waals surface area contributed by atoms with E-state index in [0.29, 0.717) is 12.8 Å². The molecule has 5 aliphatic heterocycles. The number of carbonyl (C=O) groups is 12. The summed E-state index contributed by atoms with van der Waals surface area (Å²) in [6.45, 7) is 11.0. The lowest BCUT2D eigenvalue weighted by atomic mass is 9.94. The van der Waals surface area contributed by atoms with Crippen LogP contribution in [0.2, 0.25) is 0 Å². The highest BCUT2D eigenvalue weighted by Crippen LogP contribution is 2.29. The number of amides is 8. The minimum absolute atomic E-state index is 0.0315. The van der Waals surface area contributed by atoms with Gasteiger partial charge in [0.15, 0.2) is 17.4 Å². The number of hydrogen-bond donors (Lipinski definition) is 6. The van der Waals surface area contributed by atoms with E-state index in [1.54, 1.807) is 98.8 Å². The third kappa shape index (κ3) is 18.8. The number of aromatic nitrogens is 2. The highest BCUT2D eigenvalue weighted by Gasteiger charge is 2.46. The standard InChI is InChI=1S/C43H49N7O10.C28H35N3O7/c1-4-29-40(56)49-21-12-17-30(49)41(57)48(3)32(23-26-13-7-5-8-14-26)42(58)50-22-19-28(51)24-31(50)37(53)47-35(27-15-9-6-10-16-27)43(59)60-25(2)34(38(54)45-29)46-39(55)36-33(52)18-11-20-44-36;1-17(2)26-19(4)9-10-24(34)29-11-5-7-18(3)13-20(32)14-21(33)15-25-30-22(16-37-25)27(35)31-12-6-8-23(31)28(36)38-26/h5-11,13-16,18,20,25,29-32,34-35,52H,4,12,17,19,21-24H2,1-3H3,(H,45,54)(H,46,55)(H,47,53);5,7-10,13,16-17,19-20,26,32H,6,11-12,14-15H2,1-4H3,(H,29,34)/b;7-5?,10-9+,18-13?/t25-,29-,30+,31+,32?,34+,35+;19-,20-,26-/m11/s1. The molecule has 2 aromatic heterocycles. The zero-order valence-electron chi connectivity index (χ0n) is 55.8. The average Bonchev–Trinajstić information content (AvgIpc) is 1.08. The summed E-state index contributed by atoms with van der Waals surface area (Å²) in [5.41, 5.74) is 1.37. The Kier molecular flexibility index (Phi) is 25.4. The number of piperidine rings is 1. The van der Waals surface area contributed by atoms with Gasteiger partial charge in [-0.1, -0.05) is 124 Å². The summed E-state index contributed by atoms with van der Waals surface area (Å²) >= 11 is 0. The fraction of sp³-hybridized carbons (Fsp3) is 0.437. The number of aliphatic hydroxyl groups is 1. The van der Waals surface area contributed by atoms with Gasteiger partial charge in [0, 0.05) is 71.0 Å². The molecule has 0 spiro atoms. The van der Waals surface area contributed by atoms with Crippen molar-refractivity contribution in [3.8, 4) is 5.75 Å². The number of esters is 2. The number of cyclic esters (lactones) is 2. The zero-order valence-corrected chi connectivity index (χ0v) is 55.8. The number of oxazole rings is 1. The van der Waals surface area contributed by atoms with E-state index >= 15 is 0 Å². The van der Waals surface area contributed by atoms with Crippen molar-refractivity contribution in [3.05, 3.63) is 161 Å². The van der Waals surface area contributed by atoms with Crippen LogP contribution in [0.4, 0.5) is 0 Å². The fourth-order valence-electron chi connectivity index (χ4n) is 12.2. The molecule has 2 aromatic carbocycles. The van der Waals surface area contributed by atoms with Gasteiger partial charge in [-0.25, -0.2) is 19.6 Å². The topological polar surface area (TPSA) is 364 Å². The van der Waals surface area contributed by atoms with Gasteiger partial charge in [-0.05, 0) is 74.8 Å². The molecule has 520 valence electrons. The Hall–Kier alpha value is -10.4. The normalized spacial score (nSPS) is 25.9. The van der Waals surface area contributed by atoms with Crippen molar-refractivity contribution in [3.63, 3.8) is 0 Å². The highest BCUT2D eigenvalue weighted by molar-refractivity contribution is 6.02.